The molecule has 34 heavy (non-hydrogen) atoms. The fourth-order valence-electron chi connectivity index (χ4n) is 6.87. The molecule has 2 aliphatic rings. The highest BCUT2D eigenvalue weighted by atomic mass is 28.4. The molecule has 0 aliphatic carbocycles. The summed E-state index contributed by atoms with van der Waals surface area (Å²) in [5.74, 6) is 0. The van der Waals surface area contributed by atoms with Crippen molar-refractivity contribution in [2.45, 2.75) is 167 Å². The Bertz CT molecular complexity index is 698. The van der Waals surface area contributed by atoms with E-state index in [1.54, 1.807) is 0 Å². The minimum absolute atomic E-state index is 0.0517. The van der Waals surface area contributed by atoms with Crippen LogP contribution in [0.4, 0.5) is 0 Å². The van der Waals surface area contributed by atoms with Gasteiger partial charge in [0, 0.05) is 34.4 Å². The highest BCUT2D eigenvalue weighted by molar-refractivity contribution is 6.79. The largest absolute Gasteiger partial charge is 0.414 e. The van der Waals surface area contributed by atoms with E-state index in [0.29, 0.717) is 0 Å². The first kappa shape index (κ1) is 30.4. The fraction of sp³-hybridized carbons (Fsp3) is 1.00. The molecule has 8 heteroatoms. The van der Waals surface area contributed by atoms with Crippen LogP contribution in [0.1, 0.15) is 94.9 Å². The number of rotatable bonds is 7. The van der Waals surface area contributed by atoms with Gasteiger partial charge in [-0.3, -0.25) is 0 Å². The molecule has 0 aromatic carbocycles. The molecular formula is C26H56N2O4Si2. The summed E-state index contributed by atoms with van der Waals surface area (Å²) in [6, 6.07) is 1.05. The predicted molar refractivity (Wildman–Crippen MR) is 146 cm³/mol. The molecule has 2 saturated heterocycles. The monoisotopic (exact) mass is 516 g/mol. The minimum atomic E-state index is -2.10. The minimum Gasteiger partial charge on any atom is -0.414 e. The third-order valence-corrected chi connectivity index (χ3v) is 16.1. The van der Waals surface area contributed by atoms with Crippen molar-refractivity contribution >= 4 is 16.6 Å². The summed E-state index contributed by atoms with van der Waals surface area (Å²) in [6.07, 6.45) is 3.65. The molecule has 0 amide bonds. The number of piperidine rings is 2. The van der Waals surface area contributed by atoms with Crippen LogP contribution in [0.25, 0.3) is 0 Å². The summed E-state index contributed by atoms with van der Waals surface area (Å²) >= 11 is 0. The second kappa shape index (κ2) is 9.19. The smallest absolute Gasteiger partial charge is 0.192 e. The third kappa shape index (κ3) is 6.54. The SMILES string of the molecule is CC1(C)CC(O[Si](C)(C)CC(C)(C)[Si](C)(C)OC2CC(C)(C)N(O)C(C)(C)C2)CC(C)(C)N1O. The molecule has 0 saturated carbocycles. The lowest BCUT2D eigenvalue weighted by Gasteiger charge is -2.54. The zero-order valence-electron chi connectivity index (χ0n) is 24.8. The third-order valence-electron chi connectivity index (χ3n) is 8.65. The number of nitrogens with zero attached hydrogens (tertiary/aromatic N) is 2. The summed E-state index contributed by atoms with van der Waals surface area (Å²) in [5.41, 5.74) is -1.21. The summed E-state index contributed by atoms with van der Waals surface area (Å²) in [4.78, 5) is 0. The lowest BCUT2D eigenvalue weighted by molar-refractivity contribution is -0.255. The van der Waals surface area contributed by atoms with Crippen LogP contribution in [0, 0.1) is 0 Å². The first-order valence-electron chi connectivity index (χ1n) is 13.2. The van der Waals surface area contributed by atoms with Gasteiger partial charge in [-0.25, -0.2) is 0 Å². The summed E-state index contributed by atoms with van der Waals surface area (Å²) in [6.45, 7) is 31.0. The van der Waals surface area contributed by atoms with Crippen LogP contribution >= 0.6 is 0 Å². The Morgan fingerprint density at radius 1 is 0.676 bits per heavy atom. The van der Waals surface area contributed by atoms with E-state index >= 15 is 0 Å². The maximum atomic E-state index is 10.7. The Hall–Kier alpha value is 0.194. The van der Waals surface area contributed by atoms with Gasteiger partial charge < -0.3 is 19.3 Å². The number of hydrogen-bond acceptors (Lipinski definition) is 6. The lowest BCUT2D eigenvalue weighted by Crippen LogP contribution is -2.62. The van der Waals surface area contributed by atoms with Gasteiger partial charge in [0.2, 0.25) is 0 Å². The van der Waals surface area contributed by atoms with Crippen molar-refractivity contribution in [1.82, 2.24) is 10.1 Å². The zero-order valence-corrected chi connectivity index (χ0v) is 26.8. The van der Waals surface area contributed by atoms with Crippen LogP contribution in [0.3, 0.4) is 0 Å². The van der Waals surface area contributed by atoms with E-state index in [-0.39, 0.29) is 39.4 Å². The highest BCUT2D eigenvalue weighted by Gasteiger charge is 2.52. The molecule has 2 N–H and O–H groups in total. The predicted octanol–water partition coefficient (Wildman–Crippen LogP) is 7.03. The van der Waals surface area contributed by atoms with Crippen LogP contribution in [0.15, 0.2) is 0 Å². The Morgan fingerprint density at radius 2 is 0.971 bits per heavy atom. The van der Waals surface area contributed by atoms with Crippen LogP contribution < -0.4 is 0 Å². The van der Waals surface area contributed by atoms with Gasteiger partial charge >= 0.3 is 0 Å². The van der Waals surface area contributed by atoms with E-state index < -0.39 is 16.6 Å². The molecule has 2 heterocycles. The Balaban J connectivity index is 2.12. The summed E-state index contributed by atoms with van der Waals surface area (Å²) < 4.78 is 13.9. The Morgan fingerprint density at radius 3 is 1.29 bits per heavy atom. The average molecular weight is 517 g/mol. The molecule has 0 spiro atoms. The van der Waals surface area contributed by atoms with Gasteiger partial charge in [-0.2, -0.15) is 10.1 Å². The van der Waals surface area contributed by atoms with Crippen molar-refractivity contribution in [1.29, 1.82) is 0 Å². The molecule has 0 aromatic heterocycles. The lowest BCUT2D eigenvalue weighted by atomic mass is 9.80. The van der Waals surface area contributed by atoms with E-state index in [2.05, 4.69) is 95.4 Å². The van der Waals surface area contributed by atoms with Crippen LogP contribution in [-0.2, 0) is 8.85 Å². The van der Waals surface area contributed by atoms with Crippen molar-refractivity contribution < 1.29 is 19.3 Å². The quantitative estimate of drug-likeness (QED) is 0.354. The first-order valence-corrected chi connectivity index (χ1v) is 19.2. The molecular weight excluding hydrogens is 460 g/mol. The van der Waals surface area contributed by atoms with Gasteiger partial charge in [0.05, 0.1) is 0 Å². The fourth-order valence-corrected chi connectivity index (χ4v) is 14.5. The van der Waals surface area contributed by atoms with Crippen molar-refractivity contribution in [3.63, 3.8) is 0 Å². The van der Waals surface area contributed by atoms with Gasteiger partial charge in [0.15, 0.2) is 16.6 Å². The molecule has 0 bridgehead atoms. The van der Waals surface area contributed by atoms with Crippen LogP contribution in [-0.4, -0.2) is 71.5 Å². The summed E-state index contributed by atoms with van der Waals surface area (Å²) in [7, 11) is -4.11. The van der Waals surface area contributed by atoms with E-state index in [4.69, 9.17) is 8.85 Å². The van der Waals surface area contributed by atoms with Crippen molar-refractivity contribution in [3.8, 4) is 0 Å². The van der Waals surface area contributed by atoms with Gasteiger partial charge in [0.1, 0.15) is 0 Å². The molecule has 202 valence electrons. The second-order valence-corrected chi connectivity index (χ2v) is 24.2. The topological polar surface area (TPSA) is 65.4 Å². The van der Waals surface area contributed by atoms with E-state index in [1.165, 1.54) is 10.1 Å². The molecule has 2 aliphatic heterocycles. The first-order chi connectivity index (χ1) is 14.8. The van der Waals surface area contributed by atoms with E-state index in [1.807, 2.05) is 0 Å². The van der Waals surface area contributed by atoms with Gasteiger partial charge in [-0.1, -0.05) is 13.8 Å². The van der Waals surface area contributed by atoms with Crippen molar-refractivity contribution in [2.24, 2.45) is 0 Å². The molecule has 0 unspecified atom stereocenters. The van der Waals surface area contributed by atoms with Crippen molar-refractivity contribution in [3.05, 3.63) is 0 Å². The zero-order chi connectivity index (χ0) is 26.8. The molecule has 2 fully saturated rings. The number of hydrogen-bond donors (Lipinski definition) is 2. The molecule has 0 atom stereocenters. The number of hydroxylamine groups is 4. The Labute approximate surface area is 212 Å². The standard InChI is InChI=1S/C26H56N2O4Si2/c1-22(2)15-20(16-23(3,4)27(22)29)31-33(11,12)19-26(9,10)34(13,14)32-21-17-24(5,6)28(30)25(7,8)18-21/h20-21,29-30H,15-19H2,1-14H3. The van der Waals surface area contributed by atoms with Crippen LogP contribution in [0.2, 0.25) is 37.3 Å². The van der Waals surface area contributed by atoms with Gasteiger partial charge in [-0.15, -0.1) is 0 Å². The van der Waals surface area contributed by atoms with Gasteiger partial charge in [0.25, 0.3) is 0 Å². The highest BCUT2D eigenvalue weighted by Crippen LogP contribution is 2.49. The summed E-state index contributed by atoms with van der Waals surface area (Å²) in [5, 5.41) is 24.5. The molecule has 0 radical (unpaired) electrons. The van der Waals surface area contributed by atoms with Crippen molar-refractivity contribution in [2.75, 3.05) is 0 Å². The van der Waals surface area contributed by atoms with Gasteiger partial charge in [-0.05, 0) is 118 Å². The average Bonchev–Trinajstić information content (AvgIpc) is 2.54. The molecule has 0 aromatic rings. The molecule has 2 rings (SSSR count). The normalized spacial score (nSPS) is 27.2. The second-order valence-electron chi connectivity index (χ2n) is 15.5. The maximum Gasteiger partial charge on any atom is 0.192 e. The van der Waals surface area contributed by atoms with E-state index in [9.17, 15) is 10.4 Å². The Kier molecular flexibility index (Phi) is 8.22. The molecule has 6 nitrogen and oxygen atoms in total. The van der Waals surface area contributed by atoms with Crippen LogP contribution in [0.5, 0.6) is 0 Å². The van der Waals surface area contributed by atoms with E-state index in [0.717, 1.165) is 31.7 Å². The maximum absolute atomic E-state index is 10.7.